The average molecular weight is 424 g/mol. The largest absolute Gasteiger partial charge is 0.459 e. The lowest BCUT2D eigenvalue weighted by Gasteiger charge is -2.29. The molecule has 0 bridgehead atoms. The van der Waals surface area contributed by atoms with Gasteiger partial charge in [-0.05, 0) is 67.3 Å². The molecule has 5 heteroatoms. The van der Waals surface area contributed by atoms with E-state index in [1.807, 2.05) is 6.07 Å². The lowest BCUT2D eigenvalue weighted by atomic mass is 9.82. The van der Waals surface area contributed by atoms with Gasteiger partial charge in [0.1, 0.15) is 11.9 Å². The van der Waals surface area contributed by atoms with Gasteiger partial charge in [-0.25, -0.2) is 18.0 Å². The quantitative estimate of drug-likeness (QED) is 0.423. The topological polar surface area (TPSA) is 26.3 Å². The van der Waals surface area contributed by atoms with E-state index in [0.717, 1.165) is 0 Å². The zero-order chi connectivity index (χ0) is 22.0. The summed E-state index contributed by atoms with van der Waals surface area (Å²) in [4.78, 5) is 12.3. The Morgan fingerprint density at radius 3 is 2.26 bits per heavy atom. The number of carbonyl (C=O) groups excluding carboxylic acids is 1. The van der Waals surface area contributed by atoms with Crippen molar-refractivity contribution in [1.29, 1.82) is 0 Å². The number of halogens is 3. The van der Waals surface area contributed by atoms with Crippen molar-refractivity contribution in [3.05, 3.63) is 94.8 Å². The predicted octanol–water partition coefficient (Wildman–Crippen LogP) is 6.96. The zero-order valence-electron chi connectivity index (χ0n) is 17.2. The second kappa shape index (κ2) is 8.96. The molecule has 1 saturated carbocycles. The van der Waals surface area contributed by atoms with E-state index < -0.39 is 23.4 Å². The summed E-state index contributed by atoms with van der Waals surface area (Å²) < 4.78 is 48.8. The van der Waals surface area contributed by atoms with Gasteiger partial charge in [-0.2, -0.15) is 0 Å². The number of esters is 1. The normalized spacial score (nSPS) is 18.6. The monoisotopic (exact) mass is 424 g/mol. The Hall–Kier alpha value is -3.08. The Balaban J connectivity index is 1.41. The van der Waals surface area contributed by atoms with Crippen LogP contribution >= 0.6 is 0 Å². The predicted molar refractivity (Wildman–Crippen MR) is 113 cm³/mol. The van der Waals surface area contributed by atoms with Crippen molar-refractivity contribution in [3.8, 4) is 11.1 Å². The van der Waals surface area contributed by atoms with Crippen LogP contribution in [0.3, 0.4) is 0 Å². The third-order valence-electron chi connectivity index (χ3n) is 5.99. The van der Waals surface area contributed by atoms with E-state index in [-0.39, 0.29) is 23.1 Å². The van der Waals surface area contributed by atoms with Crippen LogP contribution in [0.2, 0.25) is 0 Å². The van der Waals surface area contributed by atoms with Crippen LogP contribution < -0.4 is 0 Å². The molecule has 1 aliphatic carbocycles. The number of carbonyl (C=O) groups is 1. The first-order chi connectivity index (χ1) is 14.9. The van der Waals surface area contributed by atoms with Crippen molar-refractivity contribution in [3.63, 3.8) is 0 Å². The van der Waals surface area contributed by atoms with E-state index in [2.05, 4.69) is 0 Å². The number of benzene rings is 3. The molecule has 1 aliphatic rings. The molecule has 0 N–H and O–H groups in total. The van der Waals surface area contributed by atoms with Crippen molar-refractivity contribution in [2.45, 2.75) is 44.6 Å². The van der Waals surface area contributed by atoms with Gasteiger partial charge in [-0.1, -0.05) is 48.5 Å². The fourth-order valence-corrected chi connectivity index (χ4v) is 4.15. The van der Waals surface area contributed by atoms with E-state index >= 15 is 0 Å². The SMILES string of the molecule is Cc1ccc(C(=O)OC2CCC(c3ccc(-c4ccccc4)c(F)c3F)CC2)cc1F. The minimum Gasteiger partial charge on any atom is -0.459 e. The smallest absolute Gasteiger partial charge is 0.338 e. The van der Waals surface area contributed by atoms with E-state index in [1.54, 1.807) is 55.5 Å². The molecule has 0 unspecified atom stereocenters. The molecule has 3 aromatic carbocycles. The molecular formula is C26H23F3O2. The van der Waals surface area contributed by atoms with Gasteiger partial charge in [-0.3, -0.25) is 0 Å². The van der Waals surface area contributed by atoms with Crippen LogP contribution in [0, 0.1) is 24.4 Å². The van der Waals surface area contributed by atoms with Gasteiger partial charge in [0.2, 0.25) is 0 Å². The second-order valence-electron chi connectivity index (χ2n) is 8.04. The Morgan fingerprint density at radius 1 is 0.871 bits per heavy atom. The molecule has 0 atom stereocenters. The summed E-state index contributed by atoms with van der Waals surface area (Å²) in [7, 11) is 0. The minimum absolute atomic E-state index is 0.133. The van der Waals surface area contributed by atoms with Crippen molar-refractivity contribution < 1.29 is 22.7 Å². The maximum absolute atomic E-state index is 14.8. The number of hydrogen-bond donors (Lipinski definition) is 0. The lowest BCUT2D eigenvalue weighted by molar-refractivity contribution is 0.0193. The fourth-order valence-electron chi connectivity index (χ4n) is 4.15. The van der Waals surface area contributed by atoms with Gasteiger partial charge in [0.15, 0.2) is 11.6 Å². The van der Waals surface area contributed by atoms with Crippen LogP contribution in [0.1, 0.15) is 53.1 Å². The van der Waals surface area contributed by atoms with Crippen LogP contribution in [-0.2, 0) is 4.74 Å². The van der Waals surface area contributed by atoms with Crippen molar-refractivity contribution in [1.82, 2.24) is 0 Å². The van der Waals surface area contributed by atoms with Crippen molar-refractivity contribution >= 4 is 5.97 Å². The summed E-state index contributed by atoms with van der Waals surface area (Å²) >= 11 is 0. The van der Waals surface area contributed by atoms with Crippen LogP contribution in [0.25, 0.3) is 11.1 Å². The fraction of sp³-hybridized carbons (Fsp3) is 0.269. The first-order valence-corrected chi connectivity index (χ1v) is 10.4. The zero-order valence-corrected chi connectivity index (χ0v) is 17.2. The van der Waals surface area contributed by atoms with Crippen LogP contribution in [-0.4, -0.2) is 12.1 Å². The van der Waals surface area contributed by atoms with Crippen molar-refractivity contribution in [2.24, 2.45) is 0 Å². The lowest BCUT2D eigenvalue weighted by Crippen LogP contribution is -2.24. The number of rotatable bonds is 4. The van der Waals surface area contributed by atoms with Crippen LogP contribution in [0.4, 0.5) is 13.2 Å². The maximum atomic E-state index is 14.8. The Morgan fingerprint density at radius 2 is 1.58 bits per heavy atom. The molecule has 0 amide bonds. The maximum Gasteiger partial charge on any atom is 0.338 e. The van der Waals surface area contributed by atoms with E-state index in [0.29, 0.717) is 42.4 Å². The molecule has 1 fully saturated rings. The molecule has 0 aromatic heterocycles. The molecule has 0 saturated heterocycles. The molecule has 4 rings (SSSR count). The van der Waals surface area contributed by atoms with E-state index in [4.69, 9.17) is 4.74 Å². The van der Waals surface area contributed by atoms with E-state index in [9.17, 15) is 18.0 Å². The third-order valence-corrected chi connectivity index (χ3v) is 5.99. The molecule has 160 valence electrons. The molecule has 0 heterocycles. The summed E-state index contributed by atoms with van der Waals surface area (Å²) in [6.07, 6.45) is 1.95. The van der Waals surface area contributed by atoms with E-state index in [1.165, 1.54) is 6.07 Å². The van der Waals surface area contributed by atoms with Gasteiger partial charge < -0.3 is 4.74 Å². The molecule has 2 nitrogen and oxygen atoms in total. The summed E-state index contributed by atoms with van der Waals surface area (Å²) in [5.74, 6) is -2.79. The molecular weight excluding hydrogens is 401 g/mol. The molecule has 31 heavy (non-hydrogen) atoms. The molecule has 3 aromatic rings. The van der Waals surface area contributed by atoms with Crippen LogP contribution in [0.15, 0.2) is 60.7 Å². The summed E-state index contributed by atoms with van der Waals surface area (Å²) in [5.41, 5.74) is 1.88. The first-order valence-electron chi connectivity index (χ1n) is 10.4. The Kier molecular flexibility index (Phi) is 6.12. The molecule has 0 spiro atoms. The van der Waals surface area contributed by atoms with Gasteiger partial charge in [0.05, 0.1) is 5.56 Å². The summed E-state index contributed by atoms with van der Waals surface area (Å²) in [5, 5.41) is 0. The standard InChI is InChI=1S/C26H23F3O2/c1-16-7-8-19(15-23(16)27)26(30)31-20-11-9-18(10-12-20)22-14-13-21(24(28)25(22)29)17-5-3-2-4-6-17/h2-8,13-15,18,20H,9-12H2,1H3. The average Bonchev–Trinajstić information content (AvgIpc) is 2.78. The van der Waals surface area contributed by atoms with Gasteiger partial charge in [0.25, 0.3) is 0 Å². The summed E-state index contributed by atoms with van der Waals surface area (Å²) in [6, 6.07) is 16.4. The third kappa shape index (κ3) is 4.50. The number of ether oxygens (including phenoxy) is 1. The highest BCUT2D eigenvalue weighted by Gasteiger charge is 2.28. The minimum atomic E-state index is -0.835. The number of hydrogen-bond acceptors (Lipinski definition) is 2. The van der Waals surface area contributed by atoms with Gasteiger partial charge in [0, 0.05) is 5.56 Å². The summed E-state index contributed by atoms with van der Waals surface area (Å²) in [6.45, 7) is 1.63. The number of aryl methyl sites for hydroxylation is 1. The Labute approximate surface area is 179 Å². The second-order valence-corrected chi connectivity index (χ2v) is 8.04. The van der Waals surface area contributed by atoms with Gasteiger partial charge in [-0.15, -0.1) is 0 Å². The van der Waals surface area contributed by atoms with Crippen LogP contribution in [0.5, 0.6) is 0 Å². The van der Waals surface area contributed by atoms with Crippen molar-refractivity contribution in [2.75, 3.05) is 0 Å². The Bertz CT molecular complexity index is 1090. The highest BCUT2D eigenvalue weighted by atomic mass is 19.2. The molecule has 0 radical (unpaired) electrons. The van der Waals surface area contributed by atoms with Gasteiger partial charge >= 0.3 is 5.97 Å². The highest BCUT2D eigenvalue weighted by Crippen LogP contribution is 2.38. The highest BCUT2D eigenvalue weighted by molar-refractivity contribution is 5.89. The molecule has 0 aliphatic heterocycles. The first kappa shape index (κ1) is 21.2.